The van der Waals surface area contributed by atoms with Crippen molar-refractivity contribution >= 4 is 18.3 Å². The second kappa shape index (κ2) is 6.58. The van der Waals surface area contributed by atoms with Gasteiger partial charge in [0.25, 0.3) is 0 Å². The van der Waals surface area contributed by atoms with Crippen LogP contribution in [-0.2, 0) is 14.0 Å². The third-order valence-corrected chi connectivity index (χ3v) is 5.26. The predicted octanol–water partition coefficient (Wildman–Crippen LogP) is 2.59. The van der Waals surface area contributed by atoms with Gasteiger partial charge in [-0.3, -0.25) is 0 Å². The fourth-order valence-corrected chi connectivity index (χ4v) is 2.94. The molecule has 24 heavy (non-hydrogen) atoms. The van der Waals surface area contributed by atoms with E-state index in [-0.39, 0.29) is 24.4 Å². The zero-order valence-electron chi connectivity index (χ0n) is 15.3. The molecule has 0 aromatic heterocycles. The molecule has 1 aromatic carbocycles. The van der Waals surface area contributed by atoms with Gasteiger partial charge in [-0.15, -0.1) is 0 Å². The topological polar surface area (TPSA) is 49.0 Å². The first-order valence-corrected chi connectivity index (χ1v) is 8.74. The lowest BCUT2D eigenvalue weighted by Gasteiger charge is -2.32. The number of rotatable bonds is 4. The van der Waals surface area contributed by atoms with Crippen LogP contribution in [0.5, 0.6) is 5.75 Å². The largest absolute Gasteiger partial charge is 0.494 e. The van der Waals surface area contributed by atoms with Crippen LogP contribution in [0.4, 0.5) is 5.69 Å². The summed E-state index contributed by atoms with van der Waals surface area (Å²) in [5.74, 6) is 0.865. The first kappa shape index (κ1) is 17.6. The van der Waals surface area contributed by atoms with Crippen LogP contribution in [0.25, 0.3) is 0 Å². The van der Waals surface area contributed by atoms with Gasteiger partial charge in [-0.05, 0) is 45.3 Å². The van der Waals surface area contributed by atoms with Crippen LogP contribution in [0.3, 0.4) is 0 Å². The average Bonchev–Trinajstić information content (AvgIpc) is 2.77. The van der Waals surface area contributed by atoms with Crippen molar-refractivity contribution in [2.45, 2.75) is 57.8 Å². The minimum atomic E-state index is -0.362. The molecule has 0 saturated carbocycles. The Bertz CT molecular complexity index is 568. The van der Waals surface area contributed by atoms with Crippen molar-refractivity contribution in [1.29, 1.82) is 0 Å². The first-order valence-electron chi connectivity index (χ1n) is 8.74. The lowest BCUT2D eigenvalue weighted by atomic mass is 9.79. The lowest BCUT2D eigenvalue weighted by molar-refractivity contribution is 0.00578. The van der Waals surface area contributed by atoms with E-state index >= 15 is 0 Å². The van der Waals surface area contributed by atoms with Crippen LogP contribution in [-0.4, -0.2) is 44.7 Å². The summed E-state index contributed by atoms with van der Waals surface area (Å²) in [4.78, 5) is 0. The molecule has 132 valence electrons. The molecule has 0 amide bonds. The van der Waals surface area contributed by atoms with E-state index in [0.29, 0.717) is 0 Å². The number of anilines is 1. The fraction of sp³-hybridized carbons (Fsp3) is 0.667. The molecule has 5 nitrogen and oxygen atoms in total. The Morgan fingerprint density at radius 1 is 1.08 bits per heavy atom. The van der Waals surface area contributed by atoms with Crippen LogP contribution in [0.1, 0.15) is 40.5 Å². The Kier molecular flexibility index (Phi) is 4.82. The SMILES string of the molecule is CNc1cc(B2OC(C)(C)C(C)(C)O2)ccc1OC1CCOCC1. The number of hydrogen-bond acceptors (Lipinski definition) is 5. The first-order chi connectivity index (χ1) is 11.3. The Hall–Kier alpha value is -1.24. The Morgan fingerprint density at radius 2 is 1.71 bits per heavy atom. The Labute approximate surface area is 145 Å². The van der Waals surface area contributed by atoms with Gasteiger partial charge >= 0.3 is 7.12 Å². The van der Waals surface area contributed by atoms with E-state index in [4.69, 9.17) is 18.8 Å². The highest BCUT2D eigenvalue weighted by molar-refractivity contribution is 6.62. The Morgan fingerprint density at radius 3 is 2.29 bits per heavy atom. The van der Waals surface area contributed by atoms with Crippen LogP contribution in [0, 0.1) is 0 Å². The number of ether oxygens (including phenoxy) is 2. The van der Waals surface area contributed by atoms with E-state index in [1.807, 2.05) is 19.2 Å². The maximum atomic E-state index is 6.15. The molecule has 0 unspecified atom stereocenters. The normalized spacial score (nSPS) is 23.3. The minimum absolute atomic E-state index is 0.216. The van der Waals surface area contributed by atoms with Crippen molar-refractivity contribution in [3.63, 3.8) is 0 Å². The molecule has 0 atom stereocenters. The van der Waals surface area contributed by atoms with Crippen molar-refractivity contribution in [1.82, 2.24) is 0 Å². The summed E-state index contributed by atoms with van der Waals surface area (Å²) in [5, 5.41) is 3.22. The number of hydrogen-bond donors (Lipinski definition) is 1. The summed E-state index contributed by atoms with van der Waals surface area (Å²) in [7, 11) is 1.54. The van der Waals surface area contributed by atoms with Gasteiger partial charge in [-0.1, -0.05) is 6.07 Å². The molecule has 1 aromatic rings. The lowest BCUT2D eigenvalue weighted by Crippen LogP contribution is -2.41. The zero-order valence-corrected chi connectivity index (χ0v) is 15.3. The maximum absolute atomic E-state index is 6.15. The molecular formula is C18H28BNO4. The van der Waals surface area contributed by atoms with E-state index in [9.17, 15) is 0 Å². The van der Waals surface area contributed by atoms with Crippen LogP contribution in [0.15, 0.2) is 18.2 Å². The van der Waals surface area contributed by atoms with Gasteiger partial charge in [0.2, 0.25) is 0 Å². The van der Waals surface area contributed by atoms with Crippen molar-refractivity contribution in [2.75, 3.05) is 25.6 Å². The zero-order chi connectivity index (χ0) is 17.4. The van der Waals surface area contributed by atoms with Crippen LogP contribution < -0.4 is 15.5 Å². The number of nitrogens with one attached hydrogen (secondary N) is 1. The van der Waals surface area contributed by atoms with Crippen LogP contribution in [0.2, 0.25) is 0 Å². The predicted molar refractivity (Wildman–Crippen MR) is 96.2 cm³/mol. The van der Waals surface area contributed by atoms with Gasteiger partial charge in [0.05, 0.1) is 30.1 Å². The molecule has 3 rings (SSSR count). The molecule has 0 radical (unpaired) electrons. The highest BCUT2D eigenvalue weighted by Crippen LogP contribution is 2.37. The third kappa shape index (κ3) is 3.41. The molecule has 0 bridgehead atoms. The molecule has 0 spiro atoms. The summed E-state index contributed by atoms with van der Waals surface area (Å²) < 4.78 is 23.8. The van der Waals surface area contributed by atoms with E-state index in [1.165, 1.54) is 0 Å². The molecule has 2 heterocycles. The molecule has 2 saturated heterocycles. The Balaban J connectivity index is 1.77. The van der Waals surface area contributed by atoms with E-state index < -0.39 is 0 Å². The van der Waals surface area contributed by atoms with E-state index in [2.05, 4.69) is 39.1 Å². The number of benzene rings is 1. The second-order valence-corrected chi connectivity index (χ2v) is 7.52. The van der Waals surface area contributed by atoms with Crippen molar-refractivity contribution in [3.8, 4) is 5.75 Å². The summed E-state index contributed by atoms with van der Waals surface area (Å²) in [5.41, 5.74) is 1.27. The standard InChI is InChI=1S/C18H28BNO4/c1-17(2)18(3,4)24-19(23-17)13-6-7-16(15(12-13)20-5)22-14-8-10-21-11-9-14/h6-7,12,14,20H,8-11H2,1-5H3. The molecule has 2 aliphatic rings. The van der Waals surface area contributed by atoms with Gasteiger partial charge in [-0.25, -0.2) is 0 Å². The summed E-state index contributed by atoms with van der Waals surface area (Å²) in [6, 6.07) is 6.08. The summed E-state index contributed by atoms with van der Waals surface area (Å²) in [6.07, 6.45) is 2.08. The smallest absolute Gasteiger partial charge is 0.488 e. The average molecular weight is 333 g/mol. The fourth-order valence-electron chi connectivity index (χ4n) is 2.94. The van der Waals surface area contributed by atoms with Crippen molar-refractivity contribution in [2.24, 2.45) is 0 Å². The van der Waals surface area contributed by atoms with Gasteiger partial charge < -0.3 is 24.1 Å². The van der Waals surface area contributed by atoms with Gasteiger partial charge in [0.1, 0.15) is 11.9 Å². The quantitative estimate of drug-likeness (QED) is 0.859. The highest BCUT2D eigenvalue weighted by atomic mass is 16.7. The molecule has 2 fully saturated rings. The third-order valence-electron chi connectivity index (χ3n) is 5.26. The van der Waals surface area contributed by atoms with E-state index in [1.54, 1.807) is 0 Å². The van der Waals surface area contributed by atoms with Gasteiger partial charge in [-0.2, -0.15) is 0 Å². The van der Waals surface area contributed by atoms with Crippen molar-refractivity contribution < 1.29 is 18.8 Å². The highest BCUT2D eigenvalue weighted by Gasteiger charge is 2.51. The minimum Gasteiger partial charge on any atom is -0.488 e. The monoisotopic (exact) mass is 333 g/mol. The van der Waals surface area contributed by atoms with E-state index in [0.717, 1.165) is 43.0 Å². The molecule has 2 aliphatic heterocycles. The maximum Gasteiger partial charge on any atom is 0.494 e. The van der Waals surface area contributed by atoms with Crippen molar-refractivity contribution in [3.05, 3.63) is 18.2 Å². The summed E-state index contributed by atoms with van der Waals surface area (Å²) >= 11 is 0. The van der Waals surface area contributed by atoms with Gasteiger partial charge in [0.15, 0.2) is 0 Å². The molecular weight excluding hydrogens is 305 g/mol. The second-order valence-electron chi connectivity index (χ2n) is 7.52. The molecule has 1 N–H and O–H groups in total. The van der Waals surface area contributed by atoms with Crippen LogP contribution >= 0.6 is 0 Å². The molecule has 6 heteroatoms. The van der Waals surface area contributed by atoms with Gasteiger partial charge in [0, 0.05) is 19.9 Å². The summed E-state index contributed by atoms with van der Waals surface area (Å²) in [6.45, 7) is 9.80. The molecule has 0 aliphatic carbocycles.